The summed E-state index contributed by atoms with van der Waals surface area (Å²) in [5.41, 5.74) is 2.17. The number of nitrogens with one attached hydrogen (secondary N) is 1. The molecular weight excluding hydrogens is 482 g/mol. The molecule has 1 N–H and O–H groups in total. The van der Waals surface area contributed by atoms with Gasteiger partial charge in [-0.3, -0.25) is 14.2 Å². The molecule has 2 heterocycles. The Labute approximate surface area is 212 Å². The highest BCUT2D eigenvalue weighted by Crippen LogP contribution is 2.31. The average molecular weight is 510 g/mol. The summed E-state index contributed by atoms with van der Waals surface area (Å²) in [4.78, 5) is 33.1. The molecule has 4 rings (SSSR count). The number of methoxy groups -OCH3 is 2. The lowest BCUT2D eigenvalue weighted by Gasteiger charge is -2.13. The number of nitrogens with zero attached hydrogens (tertiary/aromatic N) is 2. The number of anilines is 1. The number of hydrogen-bond donors (Lipinski definition) is 1. The molecular formula is C26H27N3O4S2. The third-order valence-electron chi connectivity index (χ3n) is 5.53. The van der Waals surface area contributed by atoms with Crippen LogP contribution >= 0.6 is 23.1 Å². The Bertz CT molecular complexity index is 1410. The number of ether oxygens (including phenoxy) is 2. The number of fused-ring (bicyclic) bond motifs is 1. The lowest BCUT2D eigenvalue weighted by Crippen LogP contribution is -2.22. The largest absolute Gasteiger partial charge is 0.497 e. The van der Waals surface area contributed by atoms with Crippen molar-refractivity contribution < 1.29 is 14.3 Å². The minimum atomic E-state index is -0.201. The second kappa shape index (κ2) is 11.0. The summed E-state index contributed by atoms with van der Waals surface area (Å²) in [5.74, 6) is 1.25. The zero-order valence-corrected chi connectivity index (χ0v) is 21.7. The maximum Gasteiger partial charge on any atom is 0.267 e. The van der Waals surface area contributed by atoms with Crippen LogP contribution in [0.5, 0.6) is 11.5 Å². The number of thiophene rings is 1. The molecule has 0 saturated carbocycles. The highest BCUT2D eigenvalue weighted by atomic mass is 32.2. The van der Waals surface area contributed by atoms with Gasteiger partial charge in [-0.15, -0.1) is 11.3 Å². The van der Waals surface area contributed by atoms with Crippen molar-refractivity contribution in [3.8, 4) is 17.2 Å². The molecule has 0 atom stereocenters. The van der Waals surface area contributed by atoms with E-state index >= 15 is 0 Å². The van der Waals surface area contributed by atoms with Crippen LogP contribution in [-0.2, 0) is 11.2 Å². The molecule has 0 aliphatic heterocycles. The fourth-order valence-electron chi connectivity index (χ4n) is 3.76. The summed E-state index contributed by atoms with van der Waals surface area (Å²) < 4.78 is 12.1. The minimum absolute atomic E-state index is 0.0947. The van der Waals surface area contributed by atoms with Gasteiger partial charge in [0.05, 0.1) is 31.0 Å². The third-order valence-corrected chi connectivity index (χ3v) is 7.71. The third kappa shape index (κ3) is 5.36. The number of amides is 1. The normalized spacial score (nSPS) is 11.0. The maximum atomic E-state index is 13.7. The Morgan fingerprint density at radius 2 is 1.86 bits per heavy atom. The Balaban J connectivity index is 1.70. The fourth-order valence-corrected chi connectivity index (χ4v) is 5.89. The predicted molar refractivity (Wildman–Crippen MR) is 143 cm³/mol. The number of thioether (sulfide) groups is 1. The summed E-state index contributed by atoms with van der Waals surface area (Å²) in [6.07, 6.45) is 1.90. The van der Waals surface area contributed by atoms with Crippen LogP contribution in [0.3, 0.4) is 0 Å². The summed E-state index contributed by atoms with van der Waals surface area (Å²) >= 11 is 2.79. The van der Waals surface area contributed by atoms with Crippen molar-refractivity contribution in [2.45, 2.75) is 31.8 Å². The number of benzene rings is 2. The summed E-state index contributed by atoms with van der Waals surface area (Å²) in [7, 11) is 3.18. The molecule has 0 aliphatic rings. The molecule has 0 radical (unpaired) electrons. The predicted octanol–water partition coefficient (Wildman–Crippen LogP) is 5.46. The van der Waals surface area contributed by atoms with Crippen LogP contribution in [0.15, 0.2) is 58.5 Å². The van der Waals surface area contributed by atoms with Crippen LogP contribution in [0.25, 0.3) is 15.9 Å². The van der Waals surface area contributed by atoms with Crippen molar-refractivity contribution in [2.75, 3.05) is 25.3 Å². The summed E-state index contributed by atoms with van der Waals surface area (Å²) in [5, 5.41) is 3.98. The Morgan fingerprint density at radius 1 is 1.11 bits per heavy atom. The molecule has 182 valence electrons. The number of aryl methyl sites for hydroxylation is 2. The van der Waals surface area contributed by atoms with E-state index in [2.05, 4.69) is 12.2 Å². The molecule has 2 aromatic heterocycles. The van der Waals surface area contributed by atoms with Crippen LogP contribution in [0.2, 0.25) is 0 Å². The molecule has 0 fully saturated rings. The monoisotopic (exact) mass is 509 g/mol. The van der Waals surface area contributed by atoms with Crippen LogP contribution in [0.1, 0.15) is 23.8 Å². The smallest absolute Gasteiger partial charge is 0.267 e. The zero-order chi connectivity index (χ0) is 24.9. The van der Waals surface area contributed by atoms with Gasteiger partial charge in [-0.25, -0.2) is 4.98 Å². The van der Waals surface area contributed by atoms with Crippen molar-refractivity contribution in [1.82, 2.24) is 9.55 Å². The first-order chi connectivity index (χ1) is 16.9. The van der Waals surface area contributed by atoms with E-state index in [1.54, 1.807) is 54.4 Å². The quantitative estimate of drug-likeness (QED) is 0.238. The molecule has 0 unspecified atom stereocenters. The number of carbonyl (C=O) groups is 1. The number of hydrogen-bond acceptors (Lipinski definition) is 7. The molecule has 4 aromatic rings. The highest BCUT2D eigenvalue weighted by Gasteiger charge is 2.20. The molecule has 9 heteroatoms. The molecule has 35 heavy (non-hydrogen) atoms. The second-order valence-electron chi connectivity index (χ2n) is 7.88. The zero-order valence-electron chi connectivity index (χ0n) is 20.1. The van der Waals surface area contributed by atoms with Gasteiger partial charge < -0.3 is 14.8 Å². The van der Waals surface area contributed by atoms with E-state index in [1.807, 2.05) is 31.2 Å². The van der Waals surface area contributed by atoms with Crippen molar-refractivity contribution in [3.05, 3.63) is 69.3 Å². The fraction of sp³-hybridized carbons (Fsp3) is 0.269. The molecule has 7 nitrogen and oxygen atoms in total. The van der Waals surface area contributed by atoms with Crippen molar-refractivity contribution >= 4 is 44.9 Å². The van der Waals surface area contributed by atoms with E-state index in [0.717, 1.165) is 18.4 Å². The van der Waals surface area contributed by atoms with Crippen LogP contribution in [-0.4, -0.2) is 35.4 Å². The van der Waals surface area contributed by atoms with E-state index in [4.69, 9.17) is 14.5 Å². The summed E-state index contributed by atoms with van der Waals surface area (Å²) in [6, 6.07) is 14.4. The van der Waals surface area contributed by atoms with Gasteiger partial charge in [0.15, 0.2) is 5.16 Å². The molecule has 1 amide bonds. The molecule has 0 aliphatic carbocycles. The van der Waals surface area contributed by atoms with E-state index in [1.165, 1.54) is 16.6 Å². The van der Waals surface area contributed by atoms with E-state index < -0.39 is 0 Å². The summed E-state index contributed by atoms with van der Waals surface area (Å²) in [6.45, 7) is 4.11. The van der Waals surface area contributed by atoms with Crippen molar-refractivity contribution in [2.24, 2.45) is 0 Å². The van der Waals surface area contributed by atoms with Gasteiger partial charge in [-0.1, -0.05) is 31.2 Å². The highest BCUT2D eigenvalue weighted by molar-refractivity contribution is 7.99. The van der Waals surface area contributed by atoms with Gasteiger partial charge >= 0.3 is 0 Å². The topological polar surface area (TPSA) is 82.4 Å². The van der Waals surface area contributed by atoms with Gasteiger partial charge in [0.25, 0.3) is 5.56 Å². The molecule has 0 saturated heterocycles. The molecule has 2 aromatic carbocycles. The maximum absolute atomic E-state index is 13.7. The molecule has 0 bridgehead atoms. The van der Waals surface area contributed by atoms with Crippen LogP contribution in [0, 0.1) is 6.92 Å². The van der Waals surface area contributed by atoms with E-state index in [-0.39, 0.29) is 17.2 Å². The first-order valence-corrected chi connectivity index (χ1v) is 13.0. The lowest BCUT2D eigenvalue weighted by atomic mass is 10.1. The first kappa shape index (κ1) is 24.8. The van der Waals surface area contributed by atoms with E-state index in [0.29, 0.717) is 38.2 Å². The minimum Gasteiger partial charge on any atom is -0.497 e. The Kier molecular flexibility index (Phi) is 7.77. The number of rotatable bonds is 9. The lowest BCUT2D eigenvalue weighted by molar-refractivity contribution is -0.113. The number of aromatic nitrogens is 2. The van der Waals surface area contributed by atoms with Crippen molar-refractivity contribution in [1.29, 1.82) is 0 Å². The van der Waals surface area contributed by atoms with Gasteiger partial charge in [0.1, 0.15) is 16.3 Å². The van der Waals surface area contributed by atoms with Gasteiger partial charge in [0.2, 0.25) is 5.91 Å². The van der Waals surface area contributed by atoms with Gasteiger partial charge in [-0.05, 0) is 55.3 Å². The standard InChI is InChI=1S/C26H27N3O4S2/c1-5-7-21-16(2)23-24(35-21)28-26(29(25(23)31)18-10-12-19(32-3)13-11-18)34-15-22(30)27-17-8-6-9-20(14-17)33-4/h6,8-14H,5,7,15H2,1-4H3,(H,27,30). The Morgan fingerprint density at radius 3 is 2.54 bits per heavy atom. The average Bonchev–Trinajstić information content (AvgIpc) is 3.18. The van der Waals surface area contributed by atoms with Gasteiger partial charge in [-0.2, -0.15) is 0 Å². The van der Waals surface area contributed by atoms with Crippen LogP contribution < -0.4 is 20.3 Å². The van der Waals surface area contributed by atoms with E-state index in [9.17, 15) is 9.59 Å². The first-order valence-electron chi connectivity index (χ1n) is 11.2. The SMILES string of the molecule is CCCc1sc2nc(SCC(=O)Nc3cccc(OC)c3)n(-c3ccc(OC)cc3)c(=O)c2c1C. The molecule has 0 spiro atoms. The van der Waals surface area contributed by atoms with Crippen molar-refractivity contribution in [3.63, 3.8) is 0 Å². The second-order valence-corrected chi connectivity index (χ2v) is 9.91. The Hall–Kier alpha value is -3.30. The van der Waals surface area contributed by atoms with Crippen LogP contribution in [0.4, 0.5) is 5.69 Å². The number of carbonyl (C=O) groups excluding carboxylic acids is 1. The van der Waals surface area contributed by atoms with Gasteiger partial charge in [0, 0.05) is 16.6 Å².